The molecule has 0 saturated carbocycles. The van der Waals surface area contributed by atoms with Gasteiger partial charge in [-0.1, -0.05) is 36.4 Å². The fourth-order valence-electron chi connectivity index (χ4n) is 3.78. The molecule has 4 rings (SSSR count). The molecule has 1 amide bonds. The van der Waals surface area contributed by atoms with E-state index < -0.39 is 0 Å². The fourth-order valence-corrected chi connectivity index (χ4v) is 3.78. The van der Waals surface area contributed by atoms with Crippen molar-refractivity contribution in [3.8, 4) is 16.9 Å². The molecule has 138 valence electrons. The Balaban J connectivity index is 1.65. The number of piperidine rings is 1. The molecular formula is C22H24N4O. The van der Waals surface area contributed by atoms with Crippen LogP contribution in [0.2, 0.25) is 0 Å². The van der Waals surface area contributed by atoms with Gasteiger partial charge >= 0.3 is 0 Å². The van der Waals surface area contributed by atoms with Crippen molar-refractivity contribution < 1.29 is 4.79 Å². The first kappa shape index (κ1) is 17.5. The van der Waals surface area contributed by atoms with Gasteiger partial charge in [0, 0.05) is 29.8 Å². The maximum Gasteiger partial charge on any atom is 0.254 e. The van der Waals surface area contributed by atoms with Crippen LogP contribution in [0.4, 0.5) is 0 Å². The van der Waals surface area contributed by atoms with Crippen LogP contribution >= 0.6 is 0 Å². The average molecular weight is 360 g/mol. The van der Waals surface area contributed by atoms with Gasteiger partial charge in [-0.3, -0.25) is 4.79 Å². The predicted molar refractivity (Wildman–Crippen MR) is 107 cm³/mol. The minimum Gasteiger partial charge on any atom is -0.336 e. The van der Waals surface area contributed by atoms with E-state index >= 15 is 0 Å². The number of likely N-dealkylation sites (tertiary alicyclic amines) is 1. The van der Waals surface area contributed by atoms with Gasteiger partial charge in [0.25, 0.3) is 5.91 Å². The first-order valence-corrected chi connectivity index (χ1v) is 9.40. The van der Waals surface area contributed by atoms with E-state index in [1.807, 2.05) is 58.1 Å². The van der Waals surface area contributed by atoms with E-state index in [2.05, 4.69) is 24.2 Å². The maximum atomic E-state index is 13.0. The molecule has 2 atom stereocenters. The largest absolute Gasteiger partial charge is 0.336 e. The van der Waals surface area contributed by atoms with Crippen molar-refractivity contribution in [1.82, 2.24) is 14.7 Å². The van der Waals surface area contributed by atoms with Gasteiger partial charge in [-0.2, -0.15) is 5.10 Å². The summed E-state index contributed by atoms with van der Waals surface area (Å²) in [6.07, 6.45) is 3.49. The van der Waals surface area contributed by atoms with Crippen molar-refractivity contribution in [3.63, 3.8) is 0 Å². The molecule has 5 nitrogen and oxygen atoms in total. The molecule has 27 heavy (non-hydrogen) atoms. The van der Waals surface area contributed by atoms with E-state index in [4.69, 9.17) is 5.73 Å². The van der Waals surface area contributed by atoms with Gasteiger partial charge in [0.1, 0.15) is 0 Å². The van der Waals surface area contributed by atoms with E-state index in [1.54, 1.807) is 6.20 Å². The first-order chi connectivity index (χ1) is 13.1. The summed E-state index contributed by atoms with van der Waals surface area (Å²) >= 11 is 0. The SMILES string of the molecule is CC1CC(N)CCN1C(=O)c1cccc(-n2nccc2-c2ccccc2)c1. The highest BCUT2D eigenvalue weighted by molar-refractivity contribution is 5.95. The van der Waals surface area contributed by atoms with E-state index in [-0.39, 0.29) is 18.0 Å². The second kappa shape index (κ2) is 7.37. The minimum absolute atomic E-state index is 0.0599. The number of carbonyl (C=O) groups is 1. The van der Waals surface area contributed by atoms with Gasteiger partial charge in [-0.25, -0.2) is 4.68 Å². The summed E-state index contributed by atoms with van der Waals surface area (Å²) < 4.78 is 1.88. The van der Waals surface area contributed by atoms with Crippen molar-refractivity contribution in [3.05, 3.63) is 72.4 Å². The number of aromatic nitrogens is 2. The first-order valence-electron chi connectivity index (χ1n) is 9.40. The lowest BCUT2D eigenvalue weighted by atomic mass is 9.98. The Morgan fingerprint density at radius 2 is 1.93 bits per heavy atom. The lowest BCUT2D eigenvalue weighted by Crippen LogP contribution is -2.48. The Labute approximate surface area is 159 Å². The molecule has 5 heteroatoms. The molecule has 1 fully saturated rings. The molecule has 2 aromatic carbocycles. The summed E-state index contributed by atoms with van der Waals surface area (Å²) in [4.78, 5) is 15.0. The number of nitrogens with zero attached hydrogens (tertiary/aromatic N) is 3. The number of carbonyl (C=O) groups excluding carboxylic acids is 1. The zero-order valence-corrected chi connectivity index (χ0v) is 15.5. The Hall–Kier alpha value is -2.92. The van der Waals surface area contributed by atoms with Crippen molar-refractivity contribution in [2.75, 3.05) is 6.54 Å². The molecule has 2 unspecified atom stereocenters. The summed E-state index contributed by atoms with van der Waals surface area (Å²) in [5, 5.41) is 4.48. The van der Waals surface area contributed by atoms with Crippen LogP contribution in [0.1, 0.15) is 30.1 Å². The van der Waals surface area contributed by atoms with Gasteiger partial charge in [0.2, 0.25) is 0 Å². The standard InChI is InChI=1S/C22H24N4O/c1-16-14-19(23)11-13-25(16)22(27)18-8-5-9-20(15-18)26-21(10-12-24-26)17-6-3-2-4-7-17/h2-10,12,15-16,19H,11,13-14,23H2,1H3. The van der Waals surface area contributed by atoms with Crippen molar-refractivity contribution in [1.29, 1.82) is 0 Å². The van der Waals surface area contributed by atoms with Crippen LogP contribution in [0.25, 0.3) is 16.9 Å². The highest BCUT2D eigenvalue weighted by Gasteiger charge is 2.27. The fraction of sp³-hybridized carbons (Fsp3) is 0.273. The molecule has 0 radical (unpaired) electrons. The number of hydrogen-bond acceptors (Lipinski definition) is 3. The van der Waals surface area contributed by atoms with Crippen molar-refractivity contribution in [2.24, 2.45) is 5.73 Å². The molecule has 0 spiro atoms. The van der Waals surface area contributed by atoms with Crippen LogP contribution < -0.4 is 5.73 Å². The zero-order chi connectivity index (χ0) is 18.8. The summed E-state index contributed by atoms with van der Waals surface area (Å²) in [7, 11) is 0. The molecule has 1 aliphatic rings. The molecule has 3 aromatic rings. The smallest absolute Gasteiger partial charge is 0.254 e. The Morgan fingerprint density at radius 3 is 2.70 bits per heavy atom. The predicted octanol–water partition coefficient (Wildman–Crippen LogP) is 3.49. The normalized spacial score (nSPS) is 19.9. The number of nitrogens with two attached hydrogens (primary N) is 1. The zero-order valence-electron chi connectivity index (χ0n) is 15.5. The average Bonchev–Trinajstić information content (AvgIpc) is 3.18. The van der Waals surface area contributed by atoms with Crippen LogP contribution in [0.3, 0.4) is 0 Å². The van der Waals surface area contributed by atoms with Gasteiger partial charge in [-0.05, 0) is 44.0 Å². The third-order valence-electron chi connectivity index (χ3n) is 5.23. The second-order valence-electron chi connectivity index (χ2n) is 7.18. The summed E-state index contributed by atoms with van der Waals surface area (Å²) in [6.45, 7) is 2.78. The van der Waals surface area contributed by atoms with E-state index in [0.29, 0.717) is 12.1 Å². The van der Waals surface area contributed by atoms with Crippen molar-refractivity contribution >= 4 is 5.91 Å². The van der Waals surface area contributed by atoms with Crippen LogP contribution in [0, 0.1) is 0 Å². The highest BCUT2D eigenvalue weighted by Crippen LogP contribution is 2.24. The molecule has 0 aliphatic carbocycles. The molecule has 0 bridgehead atoms. The lowest BCUT2D eigenvalue weighted by molar-refractivity contribution is 0.0619. The van der Waals surface area contributed by atoms with Crippen LogP contribution in [-0.4, -0.2) is 39.2 Å². The lowest BCUT2D eigenvalue weighted by Gasteiger charge is -2.36. The summed E-state index contributed by atoms with van der Waals surface area (Å²) in [5.74, 6) is 0.0599. The van der Waals surface area contributed by atoms with Crippen molar-refractivity contribution in [2.45, 2.75) is 31.8 Å². The Bertz CT molecular complexity index is 934. The van der Waals surface area contributed by atoms with Crippen LogP contribution in [-0.2, 0) is 0 Å². The highest BCUT2D eigenvalue weighted by atomic mass is 16.2. The van der Waals surface area contributed by atoms with Gasteiger partial charge in [0.15, 0.2) is 0 Å². The van der Waals surface area contributed by atoms with Gasteiger partial charge in [0.05, 0.1) is 17.6 Å². The number of hydrogen-bond donors (Lipinski definition) is 1. The summed E-state index contributed by atoms with van der Waals surface area (Å²) in [5.41, 5.74) is 9.69. The monoisotopic (exact) mass is 360 g/mol. The number of rotatable bonds is 3. The molecule has 1 aromatic heterocycles. The quantitative estimate of drug-likeness (QED) is 0.778. The number of benzene rings is 2. The molecule has 2 N–H and O–H groups in total. The Morgan fingerprint density at radius 1 is 1.11 bits per heavy atom. The maximum absolute atomic E-state index is 13.0. The summed E-state index contributed by atoms with van der Waals surface area (Å²) in [6, 6.07) is 20.1. The van der Waals surface area contributed by atoms with Crippen LogP contribution in [0.15, 0.2) is 66.9 Å². The third kappa shape index (κ3) is 3.51. The minimum atomic E-state index is 0.0599. The topological polar surface area (TPSA) is 64.2 Å². The van der Waals surface area contributed by atoms with Crippen LogP contribution in [0.5, 0.6) is 0 Å². The number of amides is 1. The Kier molecular flexibility index (Phi) is 4.77. The molecule has 2 heterocycles. The van der Waals surface area contributed by atoms with E-state index in [1.165, 1.54) is 0 Å². The molecule has 1 saturated heterocycles. The third-order valence-corrected chi connectivity index (χ3v) is 5.23. The van der Waals surface area contributed by atoms with E-state index in [0.717, 1.165) is 29.8 Å². The molecular weight excluding hydrogens is 336 g/mol. The van der Waals surface area contributed by atoms with Gasteiger partial charge in [-0.15, -0.1) is 0 Å². The van der Waals surface area contributed by atoms with E-state index in [9.17, 15) is 4.79 Å². The second-order valence-corrected chi connectivity index (χ2v) is 7.18. The van der Waals surface area contributed by atoms with Gasteiger partial charge < -0.3 is 10.6 Å². The molecule has 1 aliphatic heterocycles.